The third-order valence-electron chi connectivity index (χ3n) is 3.14. The molecule has 0 N–H and O–H groups in total. The Morgan fingerprint density at radius 2 is 2.00 bits per heavy atom. The zero-order valence-corrected chi connectivity index (χ0v) is 12.6. The first-order valence-electron chi connectivity index (χ1n) is 6.37. The van der Waals surface area contributed by atoms with Gasteiger partial charge in [-0.1, -0.05) is 25.4 Å². The number of carbonyl (C=O) groups is 1. The van der Waals surface area contributed by atoms with Gasteiger partial charge in [0, 0.05) is 24.0 Å². The van der Waals surface area contributed by atoms with Gasteiger partial charge in [-0.05, 0) is 31.0 Å². The summed E-state index contributed by atoms with van der Waals surface area (Å²) >= 11 is 11.4. The van der Waals surface area contributed by atoms with Crippen molar-refractivity contribution >= 4 is 29.1 Å². The van der Waals surface area contributed by atoms with Crippen molar-refractivity contribution in [2.45, 2.75) is 32.7 Å². The summed E-state index contributed by atoms with van der Waals surface area (Å²) in [6.45, 7) is 4.49. The maximum absolute atomic E-state index is 13.4. The molecule has 106 valence electrons. The van der Waals surface area contributed by atoms with Gasteiger partial charge in [0.05, 0.1) is 5.02 Å². The highest BCUT2D eigenvalue weighted by molar-refractivity contribution is 6.30. The Morgan fingerprint density at radius 1 is 1.37 bits per heavy atom. The summed E-state index contributed by atoms with van der Waals surface area (Å²) in [6.07, 6.45) is 1.68. The molecule has 1 aromatic rings. The van der Waals surface area contributed by atoms with E-state index in [1.165, 1.54) is 18.2 Å². The topological polar surface area (TPSA) is 20.3 Å². The summed E-state index contributed by atoms with van der Waals surface area (Å²) in [7, 11) is 0. The van der Waals surface area contributed by atoms with E-state index in [9.17, 15) is 9.18 Å². The average Bonchev–Trinajstić information content (AvgIpc) is 2.41. The van der Waals surface area contributed by atoms with Crippen LogP contribution in [0.4, 0.5) is 4.39 Å². The van der Waals surface area contributed by atoms with Crippen molar-refractivity contribution in [2.75, 3.05) is 12.4 Å². The quantitative estimate of drug-likeness (QED) is 0.716. The fourth-order valence-electron chi connectivity index (χ4n) is 2.07. The SMILES string of the molecule is CCC(CC)N(CCCl)C(=O)c1ccc(Cl)c(F)c1. The van der Waals surface area contributed by atoms with Crippen LogP contribution in [0, 0.1) is 5.82 Å². The lowest BCUT2D eigenvalue weighted by molar-refractivity contribution is 0.0681. The summed E-state index contributed by atoms with van der Waals surface area (Å²) in [4.78, 5) is 14.1. The molecule has 0 unspecified atom stereocenters. The molecule has 0 bridgehead atoms. The largest absolute Gasteiger partial charge is 0.334 e. The molecular weight excluding hydrogens is 288 g/mol. The molecule has 0 saturated heterocycles. The molecule has 19 heavy (non-hydrogen) atoms. The molecule has 0 aliphatic carbocycles. The molecule has 2 nitrogen and oxygen atoms in total. The van der Waals surface area contributed by atoms with E-state index in [-0.39, 0.29) is 17.0 Å². The van der Waals surface area contributed by atoms with Crippen molar-refractivity contribution in [2.24, 2.45) is 0 Å². The highest BCUT2D eigenvalue weighted by Crippen LogP contribution is 2.19. The zero-order chi connectivity index (χ0) is 14.4. The first-order valence-corrected chi connectivity index (χ1v) is 7.28. The molecule has 0 fully saturated rings. The molecule has 0 aliphatic heterocycles. The second kappa shape index (κ2) is 7.71. The fourth-order valence-corrected chi connectivity index (χ4v) is 2.37. The summed E-state index contributed by atoms with van der Waals surface area (Å²) < 4.78 is 13.4. The number of hydrogen-bond donors (Lipinski definition) is 0. The first-order chi connectivity index (χ1) is 9.04. The van der Waals surface area contributed by atoms with Crippen LogP contribution in [0.15, 0.2) is 18.2 Å². The third-order valence-corrected chi connectivity index (χ3v) is 3.61. The van der Waals surface area contributed by atoms with Crippen LogP contribution in [-0.4, -0.2) is 29.3 Å². The normalized spacial score (nSPS) is 10.8. The van der Waals surface area contributed by atoms with Crippen LogP contribution < -0.4 is 0 Å². The molecule has 1 aromatic carbocycles. The molecular formula is C14H18Cl2FNO. The van der Waals surface area contributed by atoms with Crippen molar-refractivity contribution < 1.29 is 9.18 Å². The van der Waals surface area contributed by atoms with Gasteiger partial charge in [0.1, 0.15) is 5.82 Å². The third kappa shape index (κ3) is 4.08. The summed E-state index contributed by atoms with van der Waals surface area (Å²) in [5.74, 6) is -0.425. The van der Waals surface area contributed by atoms with Crippen LogP contribution in [0.5, 0.6) is 0 Å². The maximum atomic E-state index is 13.4. The predicted octanol–water partition coefficient (Wildman–Crippen LogP) is 4.35. The Bertz CT molecular complexity index is 435. The van der Waals surface area contributed by atoms with Crippen LogP contribution in [0.1, 0.15) is 37.0 Å². The molecule has 5 heteroatoms. The van der Waals surface area contributed by atoms with Crippen LogP contribution in [0.2, 0.25) is 5.02 Å². The lowest BCUT2D eigenvalue weighted by atomic mass is 10.1. The van der Waals surface area contributed by atoms with E-state index in [1.807, 2.05) is 13.8 Å². The van der Waals surface area contributed by atoms with Crippen molar-refractivity contribution in [3.63, 3.8) is 0 Å². The molecule has 0 saturated carbocycles. The van der Waals surface area contributed by atoms with E-state index < -0.39 is 5.82 Å². The Hall–Kier alpha value is -0.800. The second-order valence-corrected chi connectivity index (χ2v) is 5.07. The highest BCUT2D eigenvalue weighted by Gasteiger charge is 2.22. The Balaban J connectivity index is 3.01. The van der Waals surface area contributed by atoms with E-state index in [0.29, 0.717) is 18.0 Å². The number of halogens is 3. The number of alkyl halides is 1. The van der Waals surface area contributed by atoms with Gasteiger partial charge in [-0.25, -0.2) is 4.39 Å². The van der Waals surface area contributed by atoms with E-state index in [1.54, 1.807) is 4.90 Å². The van der Waals surface area contributed by atoms with Gasteiger partial charge in [-0.15, -0.1) is 11.6 Å². The van der Waals surface area contributed by atoms with Crippen LogP contribution in [0.3, 0.4) is 0 Å². The molecule has 1 rings (SSSR count). The van der Waals surface area contributed by atoms with Crippen LogP contribution >= 0.6 is 23.2 Å². The number of hydrogen-bond acceptors (Lipinski definition) is 1. The van der Waals surface area contributed by atoms with Gasteiger partial charge < -0.3 is 4.90 Å². The Labute approximate surface area is 123 Å². The summed E-state index contributed by atoms with van der Waals surface area (Å²) in [5, 5.41) is 0.0166. The smallest absolute Gasteiger partial charge is 0.254 e. The number of carbonyl (C=O) groups excluding carboxylic acids is 1. The summed E-state index contributed by atoms with van der Waals surface area (Å²) in [6, 6.07) is 4.23. The Kier molecular flexibility index (Phi) is 6.59. The van der Waals surface area contributed by atoms with Gasteiger partial charge in [-0.3, -0.25) is 4.79 Å². The molecule has 0 heterocycles. The molecule has 0 aliphatic rings. The second-order valence-electron chi connectivity index (χ2n) is 4.29. The van der Waals surface area contributed by atoms with Crippen LogP contribution in [-0.2, 0) is 0 Å². The summed E-state index contributed by atoms with van der Waals surface area (Å²) in [5.41, 5.74) is 0.305. The lowest BCUT2D eigenvalue weighted by Crippen LogP contribution is -2.41. The standard InChI is InChI=1S/C14H18Cl2FNO/c1-3-11(4-2)18(8-7-15)14(19)10-5-6-12(16)13(17)9-10/h5-6,9,11H,3-4,7-8H2,1-2H3. The predicted molar refractivity (Wildman–Crippen MR) is 77.5 cm³/mol. The average molecular weight is 306 g/mol. The van der Waals surface area contributed by atoms with Gasteiger partial charge in [-0.2, -0.15) is 0 Å². The van der Waals surface area contributed by atoms with E-state index in [0.717, 1.165) is 12.8 Å². The molecule has 0 atom stereocenters. The Morgan fingerprint density at radius 3 is 2.47 bits per heavy atom. The number of rotatable bonds is 6. The number of amides is 1. The van der Waals surface area contributed by atoms with E-state index >= 15 is 0 Å². The van der Waals surface area contributed by atoms with Crippen LogP contribution in [0.25, 0.3) is 0 Å². The molecule has 1 amide bonds. The van der Waals surface area contributed by atoms with Gasteiger partial charge in [0.2, 0.25) is 0 Å². The van der Waals surface area contributed by atoms with Crippen molar-refractivity contribution in [3.8, 4) is 0 Å². The molecule has 0 radical (unpaired) electrons. The minimum atomic E-state index is -0.581. The van der Waals surface area contributed by atoms with E-state index in [2.05, 4.69) is 0 Å². The highest BCUT2D eigenvalue weighted by atomic mass is 35.5. The van der Waals surface area contributed by atoms with Crippen molar-refractivity contribution in [3.05, 3.63) is 34.6 Å². The monoisotopic (exact) mass is 305 g/mol. The lowest BCUT2D eigenvalue weighted by Gasteiger charge is -2.30. The minimum absolute atomic E-state index is 0.0166. The van der Waals surface area contributed by atoms with Crippen molar-refractivity contribution in [1.29, 1.82) is 0 Å². The number of nitrogens with zero attached hydrogens (tertiary/aromatic N) is 1. The maximum Gasteiger partial charge on any atom is 0.254 e. The first kappa shape index (κ1) is 16.3. The van der Waals surface area contributed by atoms with E-state index in [4.69, 9.17) is 23.2 Å². The van der Waals surface area contributed by atoms with Gasteiger partial charge in [0.25, 0.3) is 5.91 Å². The molecule has 0 aromatic heterocycles. The minimum Gasteiger partial charge on any atom is -0.334 e. The number of benzene rings is 1. The van der Waals surface area contributed by atoms with Gasteiger partial charge >= 0.3 is 0 Å². The zero-order valence-electron chi connectivity index (χ0n) is 11.1. The molecule has 0 spiro atoms. The fraction of sp³-hybridized carbons (Fsp3) is 0.500. The van der Waals surface area contributed by atoms with Crippen molar-refractivity contribution in [1.82, 2.24) is 4.90 Å². The van der Waals surface area contributed by atoms with Gasteiger partial charge in [0.15, 0.2) is 0 Å².